The molecule has 2 amide bonds. The normalized spacial score (nSPS) is 16.7. The molecule has 4 N–H and O–H groups in total. The molecule has 1 heterocycles. The summed E-state index contributed by atoms with van der Waals surface area (Å²) < 4.78 is 24.7. The van der Waals surface area contributed by atoms with Crippen LogP contribution >= 0.6 is 0 Å². The number of hydrogen-bond donors (Lipinski definition) is 2. The molecule has 18 heavy (non-hydrogen) atoms. The fourth-order valence-corrected chi connectivity index (χ4v) is 3.29. The zero-order chi connectivity index (χ0) is 13.5. The summed E-state index contributed by atoms with van der Waals surface area (Å²) in [4.78, 5) is 22.5. The van der Waals surface area contributed by atoms with Crippen LogP contribution in [-0.4, -0.2) is 31.1 Å². The Bertz CT molecular complexity index is 639. The van der Waals surface area contributed by atoms with Crippen molar-refractivity contribution < 1.29 is 18.0 Å². The lowest BCUT2D eigenvalue weighted by atomic mass is 10.2. The van der Waals surface area contributed by atoms with E-state index in [4.69, 9.17) is 11.5 Å². The Hall–Kier alpha value is -2.09. The number of benzene rings is 1. The van der Waals surface area contributed by atoms with Crippen LogP contribution in [0.2, 0.25) is 0 Å². The van der Waals surface area contributed by atoms with Crippen LogP contribution in [0, 0.1) is 0 Å². The maximum Gasteiger partial charge on any atom is 0.269 e. The Balaban J connectivity index is 2.44. The number of sulfonamides is 1. The van der Waals surface area contributed by atoms with Crippen molar-refractivity contribution in [2.45, 2.75) is 11.3 Å². The van der Waals surface area contributed by atoms with Crippen molar-refractivity contribution in [1.82, 2.24) is 4.31 Å². The largest absolute Gasteiger partial charge is 0.399 e. The number of carbonyl (C=O) groups is 2. The highest BCUT2D eigenvalue weighted by molar-refractivity contribution is 7.90. The van der Waals surface area contributed by atoms with Crippen LogP contribution in [0.1, 0.15) is 16.8 Å². The molecule has 0 aromatic heterocycles. The number of nitrogens with two attached hydrogens (primary N) is 2. The summed E-state index contributed by atoms with van der Waals surface area (Å²) in [5.41, 5.74) is 10.8. The summed E-state index contributed by atoms with van der Waals surface area (Å²) in [6, 6.07) is 3.99. The second-order valence-corrected chi connectivity index (χ2v) is 5.68. The molecular weight excluding hydrogens is 258 g/mol. The second-order valence-electron chi connectivity index (χ2n) is 3.85. The molecule has 0 fully saturated rings. The Morgan fingerprint density at radius 3 is 2.61 bits per heavy atom. The smallest absolute Gasteiger partial charge is 0.269 e. The minimum atomic E-state index is -3.89. The Morgan fingerprint density at radius 2 is 2.00 bits per heavy atom. The van der Waals surface area contributed by atoms with Gasteiger partial charge in [-0.3, -0.25) is 9.59 Å². The molecule has 96 valence electrons. The van der Waals surface area contributed by atoms with E-state index in [1.807, 2.05) is 0 Å². The number of amides is 2. The molecule has 2 rings (SSSR count). The fraction of sp³-hybridized carbons (Fsp3) is 0.200. The van der Waals surface area contributed by atoms with Gasteiger partial charge in [-0.05, 0) is 18.2 Å². The van der Waals surface area contributed by atoms with E-state index in [0.29, 0.717) is 9.99 Å². The van der Waals surface area contributed by atoms with Gasteiger partial charge in [-0.2, -0.15) is 0 Å². The fourth-order valence-electron chi connectivity index (χ4n) is 1.74. The molecule has 8 heteroatoms. The van der Waals surface area contributed by atoms with E-state index in [1.165, 1.54) is 18.2 Å². The van der Waals surface area contributed by atoms with Crippen molar-refractivity contribution in [2.24, 2.45) is 5.73 Å². The van der Waals surface area contributed by atoms with Crippen LogP contribution in [-0.2, 0) is 14.8 Å². The molecule has 7 nitrogen and oxygen atoms in total. The second kappa shape index (κ2) is 3.98. The molecule has 1 aromatic carbocycles. The minimum Gasteiger partial charge on any atom is -0.399 e. The number of nitrogen functional groups attached to an aromatic ring is 1. The third-order valence-electron chi connectivity index (χ3n) is 2.59. The summed E-state index contributed by atoms with van der Waals surface area (Å²) in [7, 11) is -3.89. The molecule has 0 atom stereocenters. The predicted molar refractivity (Wildman–Crippen MR) is 62.9 cm³/mol. The maximum atomic E-state index is 12.0. The van der Waals surface area contributed by atoms with E-state index in [-0.39, 0.29) is 23.4 Å². The highest BCUT2D eigenvalue weighted by atomic mass is 32.2. The van der Waals surface area contributed by atoms with E-state index in [0.717, 1.165) is 0 Å². The van der Waals surface area contributed by atoms with Gasteiger partial charge in [-0.25, -0.2) is 12.7 Å². The van der Waals surface area contributed by atoms with Gasteiger partial charge in [0, 0.05) is 18.7 Å². The lowest BCUT2D eigenvalue weighted by Crippen LogP contribution is -2.33. The SMILES string of the molecule is NC(=O)CCN1C(=O)c2cc(N)ccc2S1(=O)=O. The minimum absolute atomic E-state index is 0.0273. The third-order valence-corrected chi connectivity index (χ3v) is 4.43. The number of anilines is 1. The van der Waals surface area contributed by atoms with Gasteiger partial charge in [-0.1, -0.05) is 0 Å². The average molecular weight is 269 g/mol. The maximum absolute atomic E-state index is 12.0. The van der Waals surface area contributed by atoms with Gasteiger partial charge in [0.2, 0.25) is 5.91 Å². The van der Waals surface area contributed by atoms with Gasteiger partial charge < -0.3 is 11.5 Å². The first-order chi connectivity index (χ1) is 8.34. The average Bonchev–Trinajstić information content (AvgIpc) is 2.44. The van der Waals surface area contributed by atoms with Gasteiger partial charge in [-0.15, -0.1) is 0 Å². The molecule has 1 aliphatic rings. The standard InChI is InChI=1S/C10H11N3O4S/c11-6-1-2-8-7(5-6)10(15)13(18(8,16)17)4-3-9(12)14/h1-2,5H,3-4,11H2,(H2,12,14). The topological polar surface area (TPSA) is 124 Å². The van der Waals surface area contributed by atoms with Crippen LogP contribution < -0.4 is 11.5 Å². The van der Waals surface area contributed by atoms with Crippen molar-refractivity contribution in [1.29, 1.82) is 0 Å². The quantitative estimate of drug-likeness (QED) is 0.701. The lowest BCUT2D eigenvalue weighted by Gasteiger charge is -2.13. The van der Waals surface area contributed by atoms with Crippen LogP contribution in [0.5, 0.6) is 0 Å². The molecule has 0 aliphatic carbocycles. The highest BCUT2D eigenvalue weighted by Crippen LogP contribution is 2.31. The first-order valence-corrected chi connectivity index (χ1v) is 6.53. The van der Waals surface area contributed by atoms with Gasteiger partial charge >= 0.3 is 0 Å². The summed E-state index contributed by atoms with van der Waals surface area (Å²) in [6.07, 6.45) is -0.214. The first kappa shape index (κ1) is 12.4. The van der Waals surface area contributed by atoms with Crippen molar-refractivity contribution in [3.8, 4) is 0 Å². The Labute approximate surface area is 103 Å². The molecule has 1 aliphatic heterocycles. The first-order valence-electron chi connectivity index (χ1n) is 5.09. The Kier molecular flexibility index (Phi) is 2.74. The highest BCUT2D eigenvalue weighted by Gasteiger charge is 2.40. The summed E-state index contributed by atoms with van der Waals surface area (Å²) in [5, 5.41) is 0. The van der Waals surface area contributed by atoms with Gasteiger partial charge in [0.05, 0.1) is 5.56 Å². The number of primary amides is 1. The van der Waals surface area contributed by atoms with Crippen molar-refractivity contribution in [3.05, 3.63) is 23.8 Å². The number of rotatable bonds is 3. The molecule has 0 spiro atoms. The monoisotopic (exact) mass is 269 g/mol. The van der Waals surface area contributed by atoms with E-state index in [9.17, 15) is 18.0 Å². The molecule has 0 bridgehead atoms. The molecule has 0 saturated heterocycles. The Morgan fingerprint density at radius 1 is 1.33 bits per heavy atom. The number of nitrogens with zero attached hydrogens (tertiary/aromatic N) is 1. The van der Waals surface area contributed by atoms with E-state index in [1.54, 1.807) is 0 Å². The van der Waals surface area contributed by atoms with Crippen LogP contribution in [0.15, 0.2) is 23.1 Å². The molecule has 0 unspecified atom stereocenters. The third kappa shape index (κ3) is 1.80. The summed E-state index contributed by atoms with van der Waals surface area (Å²) >= 11 is 0. The summed E-state index contributed by atoms with van der Waals surface area (Å²) in [6.45, 7) is -0.259. The van der Waals surface area contributed by atoms with Crippen LogP contribution in [0.3, 0.4) is 0 Å². The molecule has 0 saturated carbocycles. The van der Waals surface area contributed by atoms with Gasteiger partial charge in [0.1, 0.15) is 4.90 Å². The number of carbonyl (C=O) groups excluding carboxylic acids is 2. The number of hydrogen-bond acceptors (Lipinski definition) is 5. The summed E-state index contributed by atoms with van der Waals surface area (Å²) in [5.74, 6) is -1.35. The van der Waals surface area contributed by atoms with E-state index in [2.05, 4.69) is 0 Å². The van der Waals surface area contributed by atoms with Gasteiger partial charge in [0.15, 0.2) is 0 Å². The molecule has 0 radical (unpaired) electrons. The van der Waals surface area contributed by atoms with E-state index < -0.39 is 21.8 Å². The van der Waals surface area contributed by atoms with Crippen molar-refractivity contribution in [2.75, 3.05) is 12.3 Å². The van der Waals surface area contributed by atoms with Crippen molar-refractivity contribution >= 4 is 27.5 Å². The zero-order valence-corrected chi connectivity index (χ0v) is 10.1. The van der Waals surface area contributed by atoms with Crippen molar-refractivity contribution in [3.63, 3.8) is 0 Å². The zero-order valence-electron chi connectivity index (χ0n) is 9.29. The molecule has 1 aromatic rings. The van der Waals surface area contributed by atoms with Crippen LogP contribution in [0.4, 0.5) is 5.69 Å². The van der Waals surface area contributed by atoms with Gasteiger partial charge in [0.25, 0.3) is 15.9 Å². The number of fused-ring (bicyclic) bond motifs is 1. The lowest BCUT2D eigenvalue weighted by molar-refractivity contribution is -0.118. The predicted octanol–water partition coefficient (Wildman–Crippen LogP) is -0.711. The van der Waals surface area contributed by atoms with E-state index >= 15 is 0 Å². The molecular formula is C10H11N3O4S. The van der Waals surface area contributed by atoms with Crippen LogP contribution in [0.25, 0.3) is 0 Å².